The molecule has 6 nitrogen and oxygen atoms in total. The lowest BCUT2D eigenvalue weighted by Crippen LogP contribution is -2.26. The topological polar surface area (TPSA) is 75.6 Å². The Bertz CT molecular complexity index is 899. The molecule has 144 valence electrons. The SMILES string of the molecule is CSc1nnc(CCCNC(=O)Cc2c[nH]c3ccccc23)n1CC(C)C. The van der Waals surface area contributed by atoms with Crippen LogP contribution < -0.4 is 5.32 Å². The number of hydrogen-bond acceptors (Lipinski definition) is 4. The Labute approximate surface area is 164 Å². The molecule has 0 aliphatic carbocycles. The first-order chi connectivity index (χ1) is 13.1. The summed E-state index contributed by atoms with van der Waals surface area (Å²) in [6.07, 6.45) is 6.00. The summed E-state index contributed by atoms with van der Waals surface area (Å²) in [5.74, 6) is 1.59. The van der Waals surface area contributed by atoms with Crippen molar-refractivity contribution in [1.29, 1.82) is 0 Å². The molecule has 2 aromatic heterocycles. The summed E-state index contributed by atoms with van der Waals surface area (Å²) in [4.78, 5) is 15.5. The molecule has 0 radical (unpaired) electrons. The molecule has 2 heterocycles. The minimum Gasteiger partial charge on any atom is -0.361 e. The summed E-state index contributed by atoms with van der Waals surface area (Å²) in [7, 11) is 0. The van der Waals surface area contributed by atoms with Crippen molar-refractivity contribution in [3.05, 3.63) is 41.9 Å². The molecular weight excluding hydrogens is 358 g/mol. The minimum atomic E-state index is 0.0493. The van der Waals surface area contributed by atoms with Gasteiger partial charge in [-0.05, 0) is 30.2 Å². The van der Waals surface area contributed by atoms with Crippen LogP contribution in [0.2, 0.25) is 0 Å². The fourth-order valence-corrected chi connectivity index (χ4v) is 3.71. The summed E-state index contributed by atoms with van der Waals surface area (Å²) in [5.41, 5.74) is 2.10. The number of aromatic amines is 1. The van der Waals surface area contributed by atoms with Crippen molar-refractivity contribution in [2.45, 2.75) is 44.8 Å². The number of para-hydroxylation sites is 1. The third-order valence-corrected chi connectivity index (χ3v) is 5.12. The van der Waals surface area contributed by atoms with Gasteiger partial charge < -0.3 is 14.9 Å². The second kappa shape index (κ2) is 9.08. The van der Waals surface area contributed by atoms with Crippen LogP contribution in [0.1, 0.15) is 31.7 Å². The maximum absolute atomic E-state index is 12.3. The van der Waals surface area contributed by atoms with Gasteiger partial charge in [-0.15, -0.1) is 10.2 Å². The zero-order chi connectivity index (χ0) is 19.2. The van der Waals surface area contributed by atoms with Gasteiger partial charge in [0.2, 0.25) is 5.91 Å². The predicted octanol–water partition coefficient (Wildman–Crippen LogP) is 3.43. The Morgan fingerprint density at radius 2 is 2.11 bits per heavy atom. The number of amides is 1. The lowest BCUT2D eigenvalue weighted by atomic mass is 10.1. The van der Waals surface area contributed by atoms with Gasteiger partial charge >= 0.3 is 0 Å². The number of H-pyrrole nitrogens is 1. The highest BCUT2D eigenvalue weighted by Crippen LogP contribution is 2.18. The third-order valence-electron chi connectivity index (χ3n) is 4.45. The fourth-order valence-electron chi connectivity index (χ4n) is 3.19. The van der Waals surface area contributed by atoms with Gasteiger partial charge in [0.1, 0.15) is 5.82 Å². The number of thioether (sulfide) groups is 1. The van der Waals surface area contributed by atoms with E-state index in [0.29, 0.717) is 18.9 Å². The summed E-state index contributed by atoms with van der Waals surface area (Å²) >= 11 is 1.62. The van der Waals surface area contributed by atoms with E-state index in [1.807, 2.05) is 36.7 Å². The Morgan fingerprint density at radius 3 is 2.89 bits per heavy atom. The van der Waals surface area contributed by atoms with Crippen molar-refractivity contribution in [2.24, 2.45) is 5.92 Å². The first-order valence-electron chi connectivity index (χ1n) is 9.36. The van der Waals surface area contributed by atoms with Gasteiger partial charge in [0.15, 0.2) is 5.16 Å². The summed E-state index contributed by atoms with van der Waals surface area (Å²) in [6, 6.07) is 8.04. The Kier molecular flexibility index (Phi) is 6.55. The minimum absolute atomic E-state index is 0.0493. The summed E-state index contributed by atoms with van der Waals surface area (Å²) in [5, 5.41) is 13.7. The molecule has 0 bridgehead atoms. The standard InChI is InChI=1S/C20H27N5OS/c1-14(2)13-25-18(23-24-20(25)27-3)9-6-10-21-19(26)11-15-12-22-17-8-5-4-7-16(15)17/h4-5,7-8,12,14,22H,6,9-11,13H2,1-3H3,(H,21,26). The molecule has 0 saturated carbocycles. The molecular formula is C20H27N5OS. The van der Waals surface area contributed by atoms with E-state index in [1.54, 1.807) is 11.8 Å². The molecule has 0 spiro atoms. The lowest BCUT2D eigenvalue weighted by molar-refractivity contribution is -0.120. The highest BCUT2D eigenvalue weighted by atomic mass is 32.2. The molecule has 1 aromatic carbocycles. The average molecular weight is 386 g/mol. The van der Waals surface area contributed by atoms with E-state index < -0.39 is 0 Å². The monoisotopic (exact) mass is 385 g/mol. The number of aryl methyl sites for hydroxylation is 1. The molecule has 0 unspecified atom stereocenters. The number of nitrogens with zero attached hydrogens (tertiary/aromatic N) is 3. The van der Waals surface area contributed by atoms with Crippen LogP contribution in [0.4, 0.5) is 0 Å². The van der Waals surface area contributed by atoms with Crippen molar-refractivity contribution >= 4 is 28.6 Å². The summed E-state index contributed by atoms with van der Waals surface area (Å²) in [6.45, 7) is 5.95. The van der Waals surface area contributed by atoms with E-state index in [1.165, 1.54) is 0 Å². The smallest absolute Gasteiger partial charge is 0.224 e. The second-order valence-electron chi connectivity index (χ2n) is 7.10. The number of benzene rings is 1. The molecule has 7 heteroatoms. The van der Waals surface area contributed by atoms with Crippen molar-refractivity contribution in [1.82, 2.24) is 25.1 Å². The van der Waals surface area contributed by atoms with Gasteiger partial charge in [-0.2, -0.15) is 0 Å². The quantitative estimate of drug-likeness (QED) is 0.437. The van der Waals surface area contributed by atoms with Crippen molar-refractivity contribution in [3.63, 3.8) is 0 Å². The average Bonchev–Trinajstić information content (AvgIpc) is 3.23. The molecule has 0 saturated heterocycles. The third kappa shape index (κ3) is 4.91. The first-order valence-corrected chi connectivity index (χ1v) is 10.6. The number of carbonyl (C=O) groups is 1. The van der Waals surface area contributed by atoms with E-state index in [2.05, 4.69) is 38.9 Å². The van der Waals surface area contributed by atoms with E-state index in [-0.39, 0.29) is 5.91 Å². The van der Waals surface area contributed by atoms with Crippen LogP contribution in [0.15, 0.2) is 35.6 Å². The van der Waals surface area contributed by atoms with Crippen molar-refractivity contribution < 1.29 is 4.79 Å². The number of nitrogens with one attached hydrogen (secondary N) is 2. The van der Waals surface area contributed by atoms with Crippen LogP contribution in [0.3, 0.4) is 0 Å². The molecule has 0 aliphatic heterocycles. The van der Waals surface area contributed by atoms with Gasteiger partial charge in [-0.25, -0.2) is 0 Å². The normalized spacial score (nSPS) is 11.4. The zero-order valence-corrected chi connectivity index (χ0v) is 17.0. The zero-order valence-electron chi connectivity index (χ0n) is 16.2. The summed E-state index contributed by atoms with van der Waals surface area (Å²) < 4.78 is 2.20. The number of aromatic nitrogens is 4. The van der Waals surface area contributed by atoms with Crippen LogP contribution in [-0.2, 0) is 24.2 Å². The van der Waals surface area contributed by atoms with E-state index in [9.17, 15) is 4.79 Å². The Hall–Kier alpha value is -2.28. The molecule has 27 heavy (non-hydrogen) atoms. The lowest BCUT2D eigenvalue weighted by Gasteiger charge is -2.11. The second-order valence-corrected chi connectivity index (χ2v) is 7.87. The van der Waals surface area contributed by atoms with Gasteiger partial charge in [0.25, 0.3) is 0 Å². The first kappa shape index (κ1) is 19.5. The van der Waals surface area contributed by atoms with Crippen LogP contribution in [0.25, 0.3) is 10.9 Å². The van der Waals surface area contributed by atoms with Crippen molar-refractivity contribution in [2.75, 3.05) is 12.8 Å². The number of carbonyl (C=O) groups excluding carboxylic acids is 1. The predicted molar refractivity (Wildman–Crippen MR) is 110 cm³/mol. The molecule has 2 N–H and O–H groups in total. The Morgan fingerprint density at radius 1 is 1.30 bits per heavy atom. The molecule has 3 rings (SSSR count). The van der Waals surface area contributed by atoms with Gasteiger partial charge in [0.05, 0.1) is 6.42 Å². The maximum atomic E-state index is 12.3. The molecule has 3 aromatic rings. The number of fused-ring (bicyclic) bond motifs is 1. The number of hydrogen-bond donors (Lipinski definition) is 2. The largest absolute Gasteiger partial charge is 0.361 e. The van der Waals surface area contributed by atoms with Gasteiger partial charge in [0, 0.05) is 36.6 Å². The highest BCUT2D eigenvalue weighted by Gasteiger charge is 2.13. The molecule has 0 fully saturated rings. The van der Waals surface area contributed by atoms with Crippen LogP contribution in [0.5, 0.6) is 0 Å². The van der Waals surface area contributed by atoms with E-state index in [0.717, 1.165) is 46.8 Å². The van der Waals surface area contributed by atoms with Gasteiger partial charge in [-0.3, -0.25) is 4.79 Å². The molecule has 1 amide bonds. The highest BCUT2D eigenvalue weighted by molar-refractivity contribution is 7.98. The van der Waals surface area contributed by atoms with Crippen LogP contribution >= 0.6 is 11.8 Å². The van der Waals surface area contributed by atoms with Crippen LogP contribution in [0, 0.1) is 5.92 Å². The van der Waals surface area contributed by atoms with Crippen LogP contribution in [-0.4, -0.2) is 38.5 Å². The maximum Gasteiger partial charge on any atom is 0.224 e. The van der Waals surface area contributed by atoms with E-state index in [4.69, 9.17) is 0 Å². The molecule has 0 atom stereocenters. The van der Waals surface area contributed by atoms with Crippen molar-refractivity contribution in [3.8, 4) is 0 Å². The Balaban J connectivity index is 1.49. The fraction of sp³-hybridized carbons (Fsp3) is 0.450. The van der Waals surface area contributed by atoms with Gasteiger partial charge in [-0.1, -0.05) is 43.8 Å². The van der Waals surface area contributed by atoms with E-state index >= 15 is 0 Å². The number of rotatable bonds is 9. The molecule has 0 aliphatic rings.